The minimum atomic E-state index is -0.572. The smallest absolute Gasteiger partial charge is 0.311 e. The molecule has 0 fully saturated rings. The number of ether oxygens (including phenoxy) is 1. The molecule has 2 aromatic rings. The van der Waals surface area contributed by atoms with Crippen molar-refractivity contribution in [3.8, 4) is 17.7 Å². The van der Waals surface area contributed by atoms with Crippen molar-refractivity contribution in [2.24, 2.45) is 0 Å². The monoisotopic (exact) mass is 242 g/mol. The Morgan fingerprint density at radius 2 is 2.00 bits per heavy atom. The highest BCUT2D eigenvalue weighted by molar-refractivity contribution is 5.48. The van der Waals surface area contributed by atoms with Gasteiger partial charge < -0.3 is 4.74 Å². The third-order valence-corrected chi connectivity index (χ3v) is 2.04. The molecule has 0 N–H and O–H groups in total. The van der Waals surface area contributed by atoms with Gasteiger partial charge >= 0.3 is 5.69 Å². The van der Waals surface area contributed by atoms with E-state index in [-0.39, 0.29) is 23.0 Å². The van der Waals surface area contributed by atoms with Crippen molar-refractivity contribution in [2.75, 3.05) is 0 Å². The minimum absolute atomic E-state index is 0.0134. The van der Waals surface area contributed by atoms with Crippen LogP contribution in [-0.4, -0.2) is 14.9 Å². The molecule has 1 heterocycles. The minimum Gasteiger partial charge on any atom is -0.429 e. The summed E-state index contributed by atoms with van der Waals surface area (Å²) in [6.07, 6.45) is 2.68. The lowest BCUT2D eigenvalue weighted by molar-refractivity contribution is -0.385. The number of hydrogen-bond acceptors (Lipinski definition) is 6. The van der Waals surface area contributed by atoms with Gasteiger partial charge in [0.2, 0.25) is 11.4 Å². The first kappa shape index (κ1) is 11.5. The SMILES string of the molecule is N#Cc1nccnc1Oc1ccccc1[N+](=O)[O-]. The maximum atomic E-state index is 10.8. The van der Waals surface area contributed by atoms with E-state index >= 15 is 0 Å². The van der Waals surface area contributed by atoms with Crippen molar-refractivity contribution in [3.05, 3.63) is 52.5 Å². The molecule has 0 aliphatic heterocycles. The Kier molecular flexibility index (Phi) is 3.11. The summed E-state index contributed by atoms with van der Waals surface area (Å²) in [6, 6.07) is 7.63. The lowest BCUT2D eigenvalue weighted by atomic mass is 10.3. The fraction of sp³-hybridized carbons (Fsp3) is 0. The van der Waals surface area contributed by atoms with Crippen LogP contribution in [0.25, 0.3) is 0 Å². The summed E-state index contributed by atoms with van der Waals surface area (Å²) in [5, 5.41) is 19.6. The van der Waals surface area contributed by atoms with Crippen LogP contribution in [-0.2, 0) is 0 Å². The molecule has 0 unspecified atom stereocenters. The molecule has 7 heteroatoms. The van der Waals surface area contributed by atoms with Gasteiger partial charge in [-0.15, -0.1) is 0 Å². The molecule has 1 aromatic heterocycles. The van der Waals surface area contributed by atoms with Gasteiger partial charge in [0.25, 0.3) is 5.88 Å². The van der Waals surface area contributed by atoms with Crippen LogP contribution in [0.15, 0.2) is 36.7 Å². The van der Waals surface area contributed by atoms with E-state index in [0.29, 0.717) is 0 Å². The average Bonchev–Trinajstić information content (AvgIpc) is 2.40. The number of rotatable bonds is 3. The zero-order chi connectivity index (χ0) is 13.0. The van der Waals surface area contributed by atoms with Crippen LogP contribution < -0.4 is 4.74 Å². The van der Waals surface area contributed by atoms with Crippen molar-refractivity contribution in [1.29, 1.82) is 5.26 Å². The molecule has 1 aromatic carbocycles. The first-order valence-electron chi connectivity index (χ1n) is 4.84. The first-order chi connectivity index (χ1) is 8.72. The number of hydrogen-bond donors (Lipinski definition) is 0. The van der Waals surface area contributed by atoms with E-state index in [2.05, 4.69) is 9.97 Å². The third kappa shape index (κ3) is 2.22. The molecule has 2 rings (SSSR count). The van der Waals surface area contributed by atoms with E-state index in [1.165, 1.54) is 30.6 Å². The number of nitrogens with zero attached hydrogens (tertiary/aromatic N) is 4. The van der Waals surface area contributed by atoms with Crippen molar-refractivity contribution in [3.63, 3.8) is 0 Å². The normalized spacial score (nSPS) is 9.50. The first-order valence-corrected chi connectivity index (χ1v) is 4.84. The summed E-state index contributed by atoms with van der Waals surface area (Å²) in [6.45, 7) is 0. The van der Waals surface area contributed by atoms with Crippen molar-refractivity contribution in [2.45, 2.75) is 0 Å². The molecule has 0 saturated heterocycles. The van der Waals surface area contributed by atoms with Gasteiger partial charge in [0, 0.05) is 18.5 Å². The summed E-state index contributed by atoms with van der Waals surface area (Å²) < 4.78 is 5.26. The molecule has 18 heavy (non-hydrogen) atoms. The molecule has 0 spiro atoms. The highest BCUT2D eigenvalue weighted by Crippen LogP contribution is 2.30. The van der Waals surface area contributed by atoms with Gasteiger partial charge in [-0.05, 0) is 6.07 Å². The van der Waals surface area contributed by atoms with Crippen molar-refractivity contribution < 1.29 is 9.66 Å². The predicted octanol–water partition coefficient (Wildman–Crippen LogP) is 2.05. The molecule has 0 saturated carbocycles. The van der Waals surface area contributed by atoms with Crippen LogP contribution in [0, 0.1) is 21.4 Å². The number of nitro benzene ring substituents is 1. The largest absolute Gasteiger partial charge is 0.429 e. The third-order valence-electron chi connectivity index (χ3n) is 2.04. The highest BCUT2D eigenvalue weighted by atomic mass is 16.6. The Hall–Kier alpha value is -3.01. The molecular weight excluding hydrogens is 236 g/mol. The Balaban J connectivity index is 2.41. The fourth-order valence-corrected chi connectivity index (χ4v) is 1.28. The van der Waals surface area contributed by atoms with E-state index in [0.717, 1.165) is 0 Å². The zero-order valence-corrected chi connectivity index (χ0v) is 8.98. The maximum absolute atomic E-state index is 10.8. The van der Waals surface area contributed by atoms with Gasteiger partial charge in [-0.2, -0.15) is 5.26 Å². The number of nitriles is 1. The van der Waals surface area contributed by atoms with Crippen LogP contribution in [0.3, 0.4) is 0 Å². The lowest BCUT2D eigenvalue weighted by Gasteiger charge is -2.05. The molecule has 88 valence electrons. The van der Waals surface area contributed by atoms with E-state index in [1.807, 2.05) is 0 Å². The molecule has 0 radical (unpaired) electrons. The van der Waals surface area contributed by atoms with Gasteiger partial charge in [0.05, 0.1) is 4.92 Å². The number of para-hydroxylation sites is 2. The second-order valence-corrected chi connectivity index (χ2v) is 3.15. The Morgan fingerprint density at radius 1 is 1.28 bits per heavy atom. The maximum Gasteiger partial charge on any atom is 0.311 e. The van der Waals surface area contributed by atoms with Gasteiger partial charge in [-0.3, -0.25) is 10.1 Å². The summed E-state index contributed by atoms with van der Waals surface area (Å²) >= 11 is 0. The Bertz CT molecular complexity index is 636. The highest BCUT2D eigenvalue weighted by Gasteiger charge is 2.16. The second-order valence-electron chi connectivity index (χ2n) is 3.15. The van der Waals surface area contributed by atoms with Gasteiger partial charge in [0.15, 0.2) is 0 Å². The molecule has 0 aliphatic carbocycles. The summed E-state index contributed by atoms with van der Waals surface area (Å²) in [4.78, 5) is 17.8. The number of aromatic nitrogens is 2. The quantitative estimate of drug-likeness (QED) is 0.602. The van der Waals surface area contributed by atoms with Crippen molar-refractivity contribution >= 4 is 5.69 Å². The standard InChI is InChI=1S/C11H6N4O3/c12-7-8-11(14-6-5-13-8)18-10-4-2-1-3-9(10)15(16)17/h1-6H. The van der Waals surface area contributed by atoms with E-state index < -0.39 is 4.92 Å². The van der Waals surface area contributed by atoms with E-state index in [4.69, 9.17) is 10.00 Å². The van der Waals surface area contributed by atoms with E-state index in [1.54, 1.807) is 12.1 Å². The molecule has 0 atom stereocenters. The summed E-state index contributed by atoms with van der Waals surface area (Å²) in [7, 11) is 0. The van der Waals surface area contributed by atoms with Crippen LogP contribution in [0.2, 0.25) is 0 Å². The van der Waals surface area contributed by atoms with E-state index in [9.17, 15) is 10.1 Å². The lowest BCUT2D eigenvalue weighted by Crippen LogP contribution is -1.97. The molecule has 0 bridgehead atoms. The van der Waals surface area contributed by atoms with Crippen LogP contribution in [0.1, 0.15) is 5.69 Å². The summed E-state index contributed by atoms with van der Waals surface area (Å²) in [5.74, 6) is -0.0474. The fourth-order valence-electron chi connectivity index (χ4n) is 1.28. The Morgan fingerprint density at radius 3 is 2.72 bits per heavy atom. The molecule has 0 amide bonds. The van der Waals surface area contributed by atoms with Crippen molar-refractivity contribution in [1.82, 2.24) is 9.97 Å². The number of benzene rings is 1. The van der Waals surface area contributed by atoms with Gasteiger partial charge in [-0.25, -0.2) is 9.97 Å². The molecular formula is C11H6N4O3. The number of nitro groups is 1. The average molecular weight is 242 g/mol. The zero-order valence-electron chi connectivity index (χ0n) is 8.98. The van der Waals surface area contributed by atoms with Gasteiger partial charge in [0.1, 0.15) is 6.07 Å². The van der Waals surface area contributed by atoms with Crippen LogP contribution >= 0.6 is 0 Å². The Labute approximate surface area is 101 Å². The molecule has 7 nitrogen and oxygen atoms in total. The topological polar surface area (TPSA) is 102 Å². The summed E-state index contributed by atoms with van der Waals surface area (Å²) in [5.41, 5.74) is -0.234. The predicted molar refractivity (Wildman–Crippen MR) is 59.9 cm³/mol. The van der Waals surface area contributed by atoms with Crippen LogP contribution in [0.4, 0.5) is 5.69 Å². The van der Waals surface area contributed by atoms with Crippen LogP contribution in [0.5, 0.6) is 11.6 Å². The second kappa shape index (κ2) is 4.88. The molecule has 0 aliphatic rings. The van der Waals surface area contributed by atoms with Gasteiger partial charge in [-0.1, -0.05) is 12.1 Å².